The Bertz CT molecular complexity index is 789. The standard InChI is InChI=1S/C15H18F3N3O4S/c16-15(17,18)11-1-3-12(4-2-11)26(24,25)20-19-13(22)14(23)9-21-7-5-10(14)6-8-21/h1-4,10,20,23H,5-9H2,(H,19,22). The van der Waals surface area contributed by atoms with Crippen molar-refractivity contribution in [2.24, 2.45) is 5.92 Å². The van der Waals surface area contributed by atoms with Gasteiger partial charge in [0.2, 0.25) is 0 Å². The molecular weight excluding hydrogens is 375 g/mol. The Labute approximate surface area is 148 Å². The van der Waals surface area contributed by atoms with Gasteiger partial charge in [-0.25, -0.2) is 8.42 Å². The SMILES string of the molecule is O=C(NNS(=O)(=O)c1ccc(C(F)(F)F)cc1)C1(O)CN2CCC1CC2. The molecule has 0 aliphatic carbocycles. The molecule has 1 amide bonds. The first-order valence-electron chi connectivity index (χ1n) is 7.97. The summed E-state index contributed by atoms with van der Waals surface area (Å²) < 4.78 is 61.9. The molecule has 3 aliphatic rings. The van der Waals surface area contributed by atoms with Crippen LogP contribution in [0.15, 0.2) is 29.2 Å². The quantitative estimate of drug-likeness (QED) is 0.646. The Morgan fingerprint density at radius 1 is 1.19 bits per heavy atom. The van der Waals surface area contributed by atoms with E-state index in [0.29, 0.717) is 25.0 Å². The van der Waals surface area contributed by atoms with Crippen LogP contribution in [0.3, 0.4) is 0 Å². The number of nitrogens with zero attached hydrogens (tertiary/aromatic N) is 1. The van der Waals surface area contributed by atoms with E-state index in [1.54, 1.807) is 0 Å². The number of hydrogen-bond acceptors (Lipinski definition) is 5. The summed E-state index contributed by atoms with van der Waals surface area (Å²) in [6.45, 7) is 1.67. The van der Waals surface area contributed by atoms with Crippen LogP contribution in [0.25, 0.3) is 0 Å². The number of halogens is 3. The summed E-state index contributed by atoms with van der Waals surface area (Å²) in [5, 5.41) is 10.6. The summed E-state index contributed by atoms with van der Waals surface area (Å²) in [6, 6.07) is 2.86. The number of rotatable bonds is 4. The fourth-order valence-electron chi connectivity index (χ4n) is 3.40. The van der Waals surface area contributed by atoms with Gasteiger partial charge in [0.15, 0.2) is 5.60 Å². The number of carbonyl (C=O) groups is 1. The predicted octanol–water partition coefficient (Wildman–Crippen LogP) is 0.472. The molecule has 4 rings (SSSR count). The monoisotopic (exact) mass is 393 g/mol. The normalized spacial score (nSPS) is 28.8. The average Bonchev–Trinajstić information content (AvgIpc) is 2.60. The lowest BCUT2D eigenvalue weighted by Gasteiger charge is -2.48. The number of hydrogen-bond donors (Lipinski definition) is 3. The third-order valence-electron chi connectivity index (χ3n) is 4.91. The summed E-state index contributed by atoms with van der Waals surface area (Å²) in [5.74, 6) is -1.13. The number of nitrogens with one attached hydrogen (secondary N) is 2. The van der Waals surface area contributed by atoms with Gasteiger partial charge in [0.05, 0.1) is 10.5 Å². The molecule has 11 heteroatoms. The topological polar surface area (TPSA) is 98.7 Å². The predicted molar refractivity (Wildman–Crippen MR) is 84.0 cm³/mol. The van der Waals surface area contributed by atoms with Crippen LogP contribution >= 0.6 is 0 Å². The fraction of sp³-hybridized carbons (Fsp3) is 0.533. The van der Waals surface area contributed by atoms with E-state index in [1.165, 1.54) is 0 Å². The third kappa shape index (κ3) is 3.56. The van der Waals surface area contributed by atoms with Crippen molar-refractivity contribution in [2.45, 2.75) is 29.5 Å². The number of benzene rings is 1. The van der Waals surface area contributed by atoms with Gasteiger partial charge in [0, 0.05) is 12.5 Å². The van der Waals surface area contributed by atoms with Crippen molar-refractivity contribution in [3.05, 3.63) is 29.8 Å². The molecule has 1 aromatic carbocycles. The minimum absolute atomic E-state index is 0.117. The smallest absolute Gasteiger partial charge is 0.378 e. The number of carbonyl (C=O) groups excluding carboxylic acids is 1. The van der Waals surface area contributed by atoms with Crippen molar-refractivity contribution in [3.63, 3.8) is 0 Å². The van der Waals surface area contributed by atoms with Crippen molar-refractivity contribution in [3.8, 4) is 0 Å². The Morgan fingerprint density at radius 3 is 2.23 bits per heavy atom. The number of amides is 1. The van der Waals surface area contributed by atoms with E-state index < -0.39 is 38.2 Å². The average molecular weight is 393 g/mol. The van der Waals surface area contributed by atoms with E-state index >= 15 is 0 Å². The second kappa shape index (κ2) is 6.48. The van der Waals surface area contributed by atoms with Gasteiger partial charge >= 0.3 is 6.18 Å². The zero-order chi connectivity index (χ0) is 19.2. The molecule has 0 spiro atoms. The summed E-state index contributed by atoms with van der Waals surface area (Å²) in [6.07, 6.45) is -3.31. The largest absolute Gasteiger partial charge is 0.416 e. The second-order valence-electron chi connectivity index (χ2n) is 6.56. The van der Waals surface area contributed by atoms with Crippen LogP contribution in [0, 0.1) is 5.92 Å². The van der Waals surface area contributed by atoms with Crippen molar-refractivity contribution in [2.75, 3.05) is 19.6 Å². The Hall–Kier alpha value is -1.69. The first kappa shape index (κ1) is 19.1. The molecule has 1 atom stereocenters. The number of sulfonamides is 1. The van der Waals surface area contributed by atoms with E-state index in [1.807, 2.05) is 15.2 Å². The van der Waals surface area contributed by atoms with Gasteiger partial charge in [-0.3, -0.25) is 15.1 Å². The zero-order valence-electron chi connectivity index (χ0n) is 13.6. The van der Waals surface area contributed by atoms with Crippen molar-refractivity contribution in [1.82, 2.24) is 15.2 Å². The zero-order valence-corrected chi connectivity index (χ0v) is 14.4. The van der Waals surface area contributed by atoms with E-state index in [0.717, 1.165) is 25.2 Å². The first-order valence-corrected chi connectivity index (χ1v) is 9.45. The lowest BCUT2D eigenvalue weighted by Crippen LogP contribution is -2.67. The van der Waals surface area contributed by atoms with Crippen LogP contribution in [-0.2, 0) is 21.0 Å². The highest BCUT2D eigenvalue weighted by Gasteiger charge is 2.50. The van der Waals surface area contributed by atoms with Gasteiger partial charge in [-0.15, -0.1) is 4.83 Å². The maximum atomic E-state index is 12.5. The molecule has 0 radical (unpaired) electrons. The van der Waals surface area contributed by atoms with E-state index in [2.05, 4.69) is 0 Å². The minimum atomic E-state index is -4.58. The van der Waals surface area contributed by atoms with Crippen LogP contribution in [0.5, 0.6) is 0 Å². The summed E-state index contributed by atoms with van der Waals surface area (Å²) in [5.41, 5.74) is -0.694. The maximum Gasteiger partial charge on any atom is 0.416 e. The molecule has 144 valence electrons. The summed E-state index contributed by atoms with van der Waals surface area (Å²) in [7, 11) is -4.27. The van der Waals surface area contributed by atoms with E-state index in [9.17, 15) is 31.5 Å². The first-order chi connectivity index (χ1) is 12.0. The number of alkyl halides is 3. The van der Waals surface area contributed by atoms with Gasteiger partial charge in [0.25, 0.3) is 15.9 Å². The minimum Gasteiger partial charge on any atom is -0.378 e. The number of piperidine rings is 3. The van der Waals surface area contributed by atoms with Crippen LogP contribution < -0.4 is 10.3 Å². The lowest BCUT2D eigenvalue weighted by molar-refractivity contribution is -0.162. The molecule has 3 fully saturated rings. The highest BCUT2D eigenvalue weighted by Crippen LogP contribution is 2.35. The molecule has 0 aromatic heterocycles. The number of hydrazine groups is 1. The molecule has 7 nitrogen and oxygen atoms in total. The number of fused-ring (bicyclic) bond motifs is 3. The molecule has 3 saturated heterocycles. The van der Waals surface area contributed by atoms with Crippen LogP contribution in [-0.4, -0.2) is 49.6 Å². The van der Waals surface area contributed by atoms with Crippen molar-refractivity contribution < 1.29 is 31.5 Å². The molecule has 3 heterocycles. The van der Waals surface area contributed by atoms with Crippen LogP contribution in [0.4, 0.5) is 13.2 Å². The van der Waals surface area contributed by atoms with Gasteiger partial charge in [-0.2, -0.15) is 13.2 Å². The molecule has 1 aromatic rings. The van der Waals surface area contributed by atoms with E-state index in [4.69, 9.17) is 0 Å². The molecular formula is C15H18F3N3O4S. The van der Waals surface area contributed by atoms with Gasteiger partial charge in [0.1, 0.15) is 0 Å². The summed E-state index contributed by atoms with van der Waals surface area (Å²) in [4.78, 5) is 15.6. The van der Waals surface area contributed by atoms with Gasteiger partial charge < -0.3 is 5.11 Å². The third-order valence-corrected chi connectivity index (χ3v) is 6.18. The molecule has 26 heavy (non-hydrogen) atoms. The number of aliphatic hydroxyl groups is 1. The molecule has 1 unspecified atom stereocenters. The lowest BCUT2D eigenvalue weighted by atomic mass is 9.75. The molecule has 2 bridgehead atoms. The highest BCUT2D eigenvalue weighted by molar-refractivity contribution is 7.89. The molecule has 0 saturated carbocycles. The Balaban J connectivity index is 1.67. The van der Waals surface area contributed by atoms with Gasteiger partial charge in [-0.05, 0) is 50.2 Å². The highest BCUT2D eigenvalue weighted by atomic mass is 32.2. The fourth-order valence-corrected chi connectivity index (χ4v) is 4.24. The Kier molecular flexibility index (Phi) is 4.76. The van der Waals surface area contributed by atoms with Crippen LogP contribution in [0.1, 0.15) is 18.4 Å². The van der Waals surface area contributed by atoms with Gasteiger partial charge in [-0.1, -0.05) is 0 Å². The maximum absolute atomic E-state index is 12.5. The van der Waals surface area contributed by atoms with E-state index in [-0.39, 0.29) is 12.5 Å². The second-order valence-corrected chi connectivity index (χ2v) is 8.24. The van der Waals surface area contributed by atoms with Crippen molar-refractivity contribution >= 4 is 15.9 Å². The molecule has 3 N–H and O–H groups in total. The summed E-state index contributed by atoms with van der Waals surface area (Å²) >= 11 is 0. The van der Waals surface area contributed by atoms with Crippen molar-refractivity contribution in [1.29, 1.82) is 0 Å². The van der Waals surface area contributed by atoms with Crippen LogP contribution in [0.2, 0.25) is 0 Å². The Morgan fingerprint density at radius 2 is 1.77 bits per heavy atom. The molecule has 3 aliphatic heterocycles.